The number of thioether (sulfide) groups is 1. The third kappa shape index (κ3) is 3.56. The molecule has 2 rings (SSSR count). The number of hydrogen-bond donors (Lipinski definition) is 2. The molecular formula is C13H14N2O2S. The molecule has 0 aliphatic heterocycles. The minimum absolute atomic E-state index is 0.0420. The molecule has 0 atom stereocenters. The zero-order valence-corrected chi connectivity index (χ0v) is 10.6. The van der Waals surface area contributed by atoms with Crippen molar-refractivity contribution in [3.05, 3.63) is 48.4 Å². The predicted molar refractivity (Wildman–Crippen MR) is 72.1 cm³/mol. The van der Waals surface area contributed by atoms with Gasteiger partial charge in [0.2, 0.25) is 5.91 Å². The fourth-order valence-electron chi connectivity index (χ4n) is 1.41. The van der Waals surface area contributed by atoms with Gasteiger partial charge in [0.1, 0.15) is 5.76 Å². The van der Waals surface area contributed by atoms with Crippen LogP contribution in [0.2, 0.25) is 0 Å². The lowest BCUT2D eigenvalue weighted by molar-refractivity contribution is -0.118. The molecule has 1 heterocycles. The van der Waals surface area contributed by atoms with Crippen molar-refractivity contribution < 1.29 is 9.21 Å². The van der Waals surface area contributed by atoms with Crippen LogP contribution in [-0.2, 0) is 11.3 Å². The summed E-state index contributed by atoms with van der Waals surface area (Å²) in [4.78, 5) is 12.5. The number of nitrogens with two attached hydrogens (primary N) is 1. The van der Waals surface area contributed by atoms with E-state index in [9.17, 15) is 4.79 Å². The first-order valence-electron chi connectivity index (χ1n) is 5.52. The Morgan fingerprint density at radius 3 is 2.83 bits per heavy atom. The Labute approximate surface area is 110 Å². The van der Waals surface area contributed by atoms with Crippen molar-refractivity contribution in [2.75, 3.05) is 11.5 Å². The monoisotopic (exact) mass is 262 g/mol. The van der Waals surface area contributed by atoms with Gasteiger partial charge in [-0.1, -0.05) is 12.1 Å². The van der Waals surface area contributed by atoms with Crippen LogP contribution in [0.3, 0.4) is 0 Å². The summed E-state index contributed by atoms with van der Waals surface area (Å²) >= 11 is 1.42. The molecule has 0 aliphatic carbocycles. The Morgan fingerprint density at radius 2 is 2.11 bits per heavy atom. The first kappa shape index (κ1) is 12.6. The summed E-state index contributed by atoms with van der Waals surface area (Å²) in [5.74, 6) is 1.04. The number of furan rings is 1. The maximum Gasteiger partial charge on any atom is 0.230 e. The van der Waals surface area contributed by atoms with Crippen molar-refractivity contribution in [3.63, 3.8) is 0 Å². The molecule has 94 valence electrons. The number of nitrogen functional groups attached to an aromatic ring is 1. The summed E-state index contributed by atoms with van der Waals surface area (Å²) in [6.07, 6.45) is 1.58. The number of carbonyl (C=O) groups excluding carboxylic acids is 1. The van der Waals surface area contributed by atoms with Gasteiger partial charge in [0, 0.05) is 10.6 Å². The van der Waals surface area contributed by atoms with E-state index < -0.39 is 0 Å². The summed E-state index contributed by atoms with van der Waals surface area (Å²) < 4.78 is 5.12. The van der Waals surface area contributed by atoms with Gasteiger partial charge >= 0.3 is 0 Å². The van der Waals surface area contributed by atoms with E-state index in [1.54, 1.807) is 12.3 Å². The highest BCUT2D eigenvalue weighted by Gasteiger charge is 2.05. The topological polar surface area (TPSA) is 68.3 Å². The first-order chi connectivity index (χ1) is 8.75. The van der Waals surface area contributed by atoms with Crippen molar-refractivity contribution in [1.29, 1.82) is 0 Å². The van der Waals surface area contributed by atoms with Gasteiger partial charge in [-0.15, -0.1) is 11.8 Å². The van der Waals surface area contributed by atoms with Crippen LogP contribution < -0.4 is 11.1 Å². The molecule has 0 saturated carbocycles. The van der Waals surface area contributed by atoms with E-state index >= 15 is 0 Å². The average Bonchev–Trinajstić information content (AvgIpc) is 2.88. The van der Waals surface area contributed by atoms with Crippen molar-refractivity contribution in [2.45, 2.75) is 11.4 Å². The molecule has 0 radical (unpaired) electrons. The summed E-state index contributed by atoms with van der Waals surface area (Å²) in [7, 11) is 0. The summed E-state index contributed by atoms with van der Waals surface area (Å²) in [5.41, 5.74) is 6.49. The molecular weight excluding hydrogens is 248 g/mol. The zero-order valence-electron chi connectivity index (χ0n) is 9.76. The van der Waals surface area contributed by atoms with Crippen molar-refractivity contribution in [3.8, 4) is 0 Å². The highest BCUT2D eigenvalue weighted by Crippen LogP contribution is 2.23. The van der Waals surface area contributed by atoms with Gasteiger partial charge in [0.25, 0.3) is 0 Å². The van der Waals surface area contributed by atoms with Gasteiger partial charge in [-0.05, 0) is 24.3 Å². The van der Waals surface area contributed by atoms with Gasteiger partial charge in [-0.25, -0.2) is 0 Å². The Morgan fingerprint density at radius 1 is 1.28 bits per heavy atom. The maximum atomic E-state index is 11.6. The Balaban J connectivity index is 1.77. The van der Waals surface area contributed by atoms with Gasteiger partial charge in [0.05, 0.1) is 18.6 Å². The number of amides is 1. The van der Waals surface area contributed by atoms with E-state index in [2.05, 4.69) is 5.32 Å². The van der Waals surface area contributed by atoms with Crippen LogP contribution in [0.4, 0.5) is 5.69 Å². The number of benzene rings is 1. The van der Waals surface area contributed by atoms with Crippen LogP contribution >= 0.6 is 11.8 Å². The second-order valence-electron chi connectivity index (χ2n) is 3.68. The quantitative estimate of drug-likeness (QED) is 0.640. The number of para-hydroxylation sites is 1. The smallest absolute Gasteiger partial charge is 0.230 e. The third-order valence-corrected chi connectivity index (χ3v) is 3.41. The number of rotatable bonds is 5. The lowest BCUT2D eigenvalue weighted by Crippen LogP contribution is -2.24. The maximum absolute atomic E-state index is 11.6. The molecule has 5 heteroatoms. The largest absolute Gasteiger partial charge is 0.467 e. The molecule has 4 nitrogen and oxygen atoms in total. The van der Waals surface area contributed by atoms with E-state index in [4.69, 9.17) is 10.2 Å². The lowest BCUT2D eigenvalue weighted by Gasteiger charge is -2.05. The molecule has 2 aromatic rings. The van der Waals surface area contributed by atoms with E-state index in [1.165, 1.54) is 11.8 Å². The Kier molecular flexibility index (Phi) is 4.30. The predicted octanol–water partition coefficient (Wildman–Crippen LogP) is 2.27. The fraction of sp³-hybridized carbons (Fsp3) is 0.154. The second kappa shape index (κ2) is 6.16. The summed E-state index contributed by atoms with van der Waals surface area (Å²) in [5, 5.41) is 2.78. The van der Waals surface area contributed by atoms with Crippen LogP contribution in [0.25, 0.3) is 0 Å². The average molecular weight is 262 g/mol. The van der Waals surface area contributed by atoms with Gasteiger partial charge in [-0.3, -0.25) is 4.79 Å². The third-order valence-electron chi connectivity index (χ3n) is 2.32. The molecule has 1 aromatic heterocycles. The molecule has 1 aromatic carbocycles. The SMILES string of the molecule is Nc1ccccc1SCC(=O)NCc1ccco1. The van der Waals surface area contributed by atoms with Crippen LogP contribution in [0.15, 0.2) is 52.0 Å². The van der Waals surface area contributed by atoms with E-state index in [1.807, 2.05) is 30.3 Å². The van der Waals surface area contributed by atoms with E-state index in [0.29, 0.717) is 18.0 Å². The van der Waals surface area contributed by atoms with Gasteiger partial charge in [0.15, 0.2) is 0 Å². The van der Waals surface area contributed by atoms with Crippen molar-refractivity contribution >= 4 is 23.4 Å². The van der Waals surface area contributed by atoms with Gasteiger partial charge in [-0.2, -0.15) is 0 Å². The number of nitrogens with one attached hydrogen (secondary N) is 1. The Hall–Kier alpha value is -1.88. The van der Waals surface area contributed by atoms with Crippen LogP contribution in [-0.4, -0.2) is 11.7 Å². The minimum atomic E-state index is -0.0420. The number of carbonyl (C=O) groups is 1. The molecule has 0 spiro atoms. The number of anilines is 1. The molecule has 1 amide bonds. The zero-order chi connectivity index (χ0) is 12.8. The molecule has 0 unspecified atom stereocenters. The second-order valence-corrected chi connectivity index (χ2v) is 4.70. The molecule has 0 saturated heterocycles. The van der Waals surface area contributed by atoms with Crippen molar-refractivity contribution in [2.24, 2.45) is 0 Å². The van der Waals surface area contributed by atoms with E-state index in [0.717, 1.165) is 10.7 Å². The summed E-state index contributed by atoms with van der Waals surface area (Å²) in [6, 6.07) is 11.1. The fourth-order valence-corrected chi connectivity index (χ4v) is 2.20. The lowest BCUT2D eigenvalue weighted by atomic mass is 10.3. The molecule has 3 N–H and O–H groups in total. The molecule has 18 heavy (non-hydrogen) atoms. The Bertz CT molecular complexity index is 511. The van der Waals surface area contributed by atoms with Crippen molar-refractivity contribution in [1.82, 2.24) is 5.32 Å². The highest BCUT2D eigenvalue weighted by atomic mass is 32.2. The molecule has 0 aliphatic rings. The minimum Gasteiger partial charge on any atom is -0.467 e. The normalized spacial score (nSPS) is 10.2. The molecule has 0 bridgehead atoms. The first-order valence-corrected chi connectivity index (χ1v) is 6.50. The number of hydrogen-bond acceptors (Lipinski definition) is 4. The van der Waals surface area contributed by atoms with Crippen LogP contribution in [0, 0.1) is 0 Å². The van der Waals surface area contributed by atoms with Crippen LogP contribution in [0.1, 0.15) is 5.76 Å². The molecule has 0 fully saturated rings. The summed E-state index contributed by atoms with van der Waals surface area (Å²) in [6.45, 7) is 0.413. The standard InChI is InChI=1S/C13H14N2O2S/c14-11-5-1-2-6-12(11)18-9-13(16)15-8-10-4-3-7-17-10/h1-7H,8-9,14H2,(H,15,16). The van der Waals surface area contributed by atoms with Crippen LogP contribution in [0.5, 0.6) is 0 Å². The highest BCUT2D eigenvalue weighted by molar-refractivity contribution is 8.00. The van der Waals surface area contributed by atoms with Gasteiger partial charge < -0.3 is 15.5 Å². The van der Waals surface area contributed by atoms with E-state index in [-0.39, 0.29) is 5.91 Å².